The van der Waals surface area contributed by atoms with E-state index in [-0.39, 0.29) is 11.5 Å². The first-order valence-corrected chi connectivity index (χ1v) is 4.56. The molecule has 0 aliphatic heterocycles. The van der Waals surface area contributed by atoms with Crippen LogP contribution in [0.4, 0.5) is 5.82 Å². The summed E-state index contributed by atoms with van der Waals surface area (Å²) in [6, 6.07) is 3.68. The zero-order chi connectivity index (χ0) is 11.5. The van der Waals surface area contributed by atoms with E-state index in [1.54, 1.807) is 18.5 Å². The number of nitrogen functional groups attached to an aromatic ring is 1. The van der Waals surface area contributed by atoms with Gasteiger partial charge in [-0.05, 0) is 11.6 Å². The third kappa shape index (κ3) is 1.83. The number of rotatable bonds is 3. The summed E-state index contributed by atoms with van der Waals surface area (Å²) in [6.45, 7) is 0.403. The van der Waals surface area contributed by atoms with Crippen molar-refractivity contribution in [1.29, 1.82) is 0 Å². The minimum Gasteiger partial charge on any atom is -0.382 e. The van der Waals surface area contributed by atoms with E-state index >= 15 is 0 Å². The molecule has 4 N–H and O–H groups in total. The lowest BCUT2D eigenvalue weighted by Crippen LogP contribution is -2.14. The Morgan fingerprint density at radius 1 is 1.50 bits per heavy atom. The van der Waals surface area contributed by atoms with Crippen LogP contribution < -0.4 is 11.5 Å². The molecular formula is C9H10N6O. The number of hydrogen-bond donors (Lipinski definition) is 2. The van der Waals surface area contributed by atoms with E-state index in [2.05, 4.69) is 15.3 Å². The molecule has 1 amide bonds. The first kappa shape index (κ1) is 10.1. The number of hydrogen-bond acceptors (Lipinski definition) is 5. The Labute approximate surface area is 91.1 Å². The fraction of sp³-hybridized carbons (Fsp3) is 0.111. The third-order valence-electron chi connectivity index (χ3n) is 2.06. The second-order valence-electron chi connectivity index (χ2n) is 3.21. The topological polar surface area (TPSA) is 113 Å². The number of carbonyl (C=O) groups excluding carboxylic acids is 1. The summed E-state index contributed by atoms with van der Waals surface area (Å²) in [5.41, 5.74) is 11.6. The Morgan fingerprint density at radius 2 is 2.31 bits per heavy atom. The summed E-state index contributed by atoms with van der Waals surface area (Å²) in [5, 5.41) is 7.35. The van der Waals surface area contributed by atoms with Crippen molar-refractivity contribution in [1.82, 2.24) is 20.0 Å². The van der Waals surface area contributed by atoms with Crippen LogP contribution in [0.15, 0.2) is 24.5 Å². The zero-order valence-electron chi connectivity index (χ0n) is 8.37. The molecule has 2 aromatic heterocycles. The van der Waals surface area contributed by atoms with Crippen molar-refractivity contribution in [3.05, 3.63) is 35.8 Å². The maximum atomic E-state index is 10.9. The van der Waals surface area contributed by atoms with E-state index < -0.39 is 5.91 Å². The van der Waals surface area contributed by atoms with Crippen molar-refractivity contribution < 1.29 is 4.79 Å². The average Bonchev–Trinajstić information content (AvgIpc) is 2.62. The van der Waals surface area contributed by atoms with Crippen molar-refractivity contribution in [2.24, 2.45) is 5.73 Å². The predicted molar refractivity (Wildman–Crippen MR) is 56.3 cm³/mol. The molecule has 7 heteroatoms. The third-order valence-corrected chi connectivity index (χ3v) is 2.06. The van der Waals surface area contributed by atoms with Crippen LogP contribution in [-0.2, 0) is 6.54 Å². The minimum absolute atomic E-state index is 0.0103. The normalized spacial score (nSPS) is 10.2. The number of nitrogens with zero attached hydrogens (tertiary/aromatic N) is 4. The van der Waals surface area contributed by atoms with Gasteiger partial charge in [-0.15, -0.1) is 5.10 Å². The summed E-state index contributed by atoms with van der Waals surface area (Å²) in [4.78, 5) is 14.9. The van der Waals surface area contributed by atoms with Gasteiger partial charge in [-0.2, -0.15) is 0 Å². The molecule has 82 valence electrons. The van der Waals surface area contributed by atoms with Gasteiger partial charge in [0, 0.05) is 12.4 Å². The molecular weight excluding hydrogens is 208 g/mol. The van der Waals surface area contributed by atoms with Gasteiger partial charge < -0.3 is 11.5 Å². The van der Waals surface area contributed by atoms with Crippen LogP contribution in [0.1, 0.15) is 16.1 Å². The molecule has 0 fully saturated rings. The van der Waals surface area contributed by atoms with Gasteiger partial charge in [0.15, 0.2) is 11.5 Å². The summed E-state index contributed by atoms with van der Waals surface area (Å²) in [7, 11) is 0. The highest BCUT2D eigenvalue weighted by atomic mass is 16.1. The number of nitrogens with two attached hydrogens (primary N) is 2. The average molecular weight is 218 g/mol. The largest absolute Gasteiger partial charge is 0.382 e. The quantitative estimate of drug-likeness (QED) is 0.714. The van der Waals surface area contributed by atoms with Crippen molar-refractivity contribution in [2.75, 3.05) is 5.73 Å². The van der Waals surface area contributed by atoms with E-state index in [4.69, 9.17) is 11.5 Å². The molecule has 0 saturated heterocycles. The van der Waals surface area contributed by atoms with Gasteiger partial charge in [0.1, 0.15) is 0 Å². The highest BCUT2D eigenvalue weighted by Gasteiger charge is 2.14. The number of pyridine rings is 1. The first-order valence-electron chi connectivity index (χ1n) is 4.56. The van der Waals surface area contributed by atoms with Crippen molar-refractivity contribution in [3.8, 4) is 0 Å². The molecule has 2 heterocycles. The SMILES string of the molecule is NC(=O)c1nnn(Cc2cccnc2)c1N. The lowest BCUT2D eigenvalue weighted by molar-refractivity contribution is 0.0996. The van der Waals surface area contributed by atoms with Crippen LogP contribution in [0, 0.1) is 0 Å². The molecule has 0 aliphatic carbocycles. The van der Waals surface area contributed by atoms with Crippen LogP contribution in [0.25, 0.3) is 0 Å². The molecule has 0 atom stereocenters. The van der Waals surface area contributed by atoms with Gasteiger partial charge in [-0.3, -0.25) is 9.78 Å². The maximum absolute atomic E-state index is 10.9. The molecule has 0 unspecified atom stereocenters. The lowest BCUT2D eigenvalue weighted by atomic mass is 10.3. The Hall–Kier alpha value is -2.44. The van der Waals surface area contributed by atoms with Crippen LogP contribution in [0.5, 0.6) is 0 Å². The second kappa shape index (κ2) is 3.97. The smallest absolute Gasteiger partial charge is 0.273 e. The molecule has 0 spiro atoms. The van der Waals surface area contributed by atoms with Crippen LogP contribution in [0.2, 0.25) is 0 Å². The molecule has 2 rings (SSSR count). The summed E-state index contributed by atoms with van der Waals surface area (Å²) in [6.07, 6.45) is 3.36. The van der Waals surface area contributed by atoms with E-state index in [0.717, 1.165) is 5.56 Å². The molecule has 0 saturated carbocycles. The number of amides is 1. The molecule has 0 aromatic carbocycles. The number of aromatic nitrogens is 4. The monoisotopic (exact) mass is 218 g/mol. The van der Waals surface area contributed by atoms with Crippen LogP contribution >= 0.6 is 0 Å². The van der Waals surface area contributed by atoms with Gasteiger partial charge in [0.05, 0.1) is 6.54 Å². The Balaban J connectivity index is 2.26. The molecule has 7 nitrogen and oxygen atoms in total. The fourth-order valence-corrected chi connectivity index (χ4v) is 1.28. The molecule has 0 bridgehead atoms. The van der Waals surface area contributed by atoms with E-state index in [0.29, 0.717) is 6.54 Å². The number of carbonyl (C=O) groups is 1. The standard InChI is InChI=1S/C9H10N6O/c10-8-7(9(11)16)13-14-15(8)5-6-2-1-3-12-4-6/h1-4H,5,10H2,(H2,11,16). The van der Waals surface area contributed by atoms with E-state index in [9.17, 15) is 4.79 Å². The van der Waals surface area contributed by atoms with Gasteiger partial charge in [0.2, 0.25) is 0 Å². The highest BCUT2D eigenvalue weighted by Crippen LogP contribution is 2.09. The fourth-order valence-electron chi connectivity index (χ4n) is 1.28. The molecule has 16 heavy (non-hydrogen) atoms. The van der Waals surface area contributed by atoms with E-state index in [1.165, 1.54) is 4.68 Å². The molecule has 0 radical (unpaired) electrons. The molecule has 0 aliphatic rings. The number of primary amides is 1. The maximum Gasteiger partial charge on any atom is 0.273 e. The van der Waals surface area contributed by atoms with Gasteiger partial charge in [-0.1, -0.05) is 11.3 Å². The van der Waals surface area contributed by atoms with Gasteiger partial charge in [0.25, 0.3) is 5.91 Å². The zero-order valence-corrected chi connectivity index (χ0v) is 8.37. The Morgan fingerprint density at radius 3 is 2.88 bits per heavy atom. The van der Waals surface area contributed by atoms with Gasteiger partial charge in [-0.25, -0.2) is 4.68 Å². The second-order valence-corrected chi connectivity index (χ2v) is 3.21. The minimum atomic E-state index is -0.685. The predicted octanol–water partition coefficient (Wildman–Crippen LogP) is -0.598. The Bertz CT molecular complexity index is 506. The lowest BCUT2D eigenvalue weighted by Gasteiger charge is -2.02. The first-order chi connectivity index (χ1) is 7.68. The van der Waals surface area contributed by atoms with Crippen molar-refractivity contribution >= 4 is 11.7 Å². The molecule has 2 aromatic rings. The van der Waals surface area contributed by atoms with Crippen LogP contribution in [0.3, 0.4) is 0 Å². The summed E-state index contributed by atoms with van der Waals surface area (Å²) < 4.78 is 1.40. The summed E-state index contributed by atoms with van der Waals surface area (Å²) in [5.74, 6) is -0.522. The van der Waals surface area contributed by atoms with Crippen molar-refractivity contribution in [3.63, 3.8) is 0 Å². The Kier molecular flexibility index (Phi) is 2.50. The van der Waals surface area contributed by atoms with E-state index in [1.807, 2.05) is 6.07 Å². The summed E-state index contributed by atoms with van der Waals surface area (Å²) >= 11 is 0. The number of anilines is 1. The highest BCUT2D eigenvalue weighted by molar-refractivity contribution is 5.94. The van der Waals surface area contributed by atoms with Crippen LogP contribution in [-0.4, -0.2) is 25.9 Å². The van der Waals surface area contributed by atoms with Crippen molar-refractivity contribution in [2.45, 2.75) is 6.54 Å². The van der Waals surface area contributed by atoms with Gasteiger partial charge >= 0.3 is 0 Å².